The Balaban J connectivity index is 2.78. The van der Waals surface area contributed by atoms with Crippen molar-refractivity contribution in [2.45, 2.75) is 20.8 Å². The highest BCUT2D eigenvalue weighted by Gasteiger charge is 2.06. The van der Waals surface area contributed by atoms with Crippen LogP contribution in [-0.4, -0.2) is 12.4 Å². The monoisotopic (exact) mass is 226 g/mol. The summed E-state index contributed by atoms with van der Waals surface area (Å²) in [6, 6.07) is 5.14. The summed E-state index contributed by atoms with van der Waals surface area (Å²) in [7, 11) is 0. The Morgan fingerprint density at radius 3 is 2.60 bits per heavy atom. The molecule has 0 aliphatic carbocycles. The van der Waals surface area contributed by atoms with Gasteiger partial charge in [-0.25, -0.2) is 0 Å². The van der Waals surface area contributed by atoms with Gasteiger partial charge in [-0.1, -0.05) is 25.4 Å². The number of carbonyl (C=O) groups excluding carboxylic acids is 1. The van der Waals surface area contributed by atoms with E-state index in [9.17, 15) is 4.79 Å². The van der Waals surface area contributed by atoms with Gasteiger partial charge in [-0.05, 0) is 31.0 Å². The second-order valence-electron chi connectivity index (χ2n) is 3.90. The lowest BCUT2D eigenvalue weighted by molar-refractivity contribution is 0.101. The fourth-order valence-corrected chi connectivity index (χ4v) is 1.44. The molecule has 0 atom stereocenters. The van der Waals surface area contributed by atoms with Crippen LogP contribution in [0.4, 0.5) is 0 Å². The molecule has 0 aliphatic heterocycles. The van der Waals surface area contributed by atoms with Gasteiger partial charge in [0, 0.05) is 5.56 Å². The number of hydrogen-bond acceptors (Lipinski definition) is 2. The first kappa shape index (κ1) is 12.1. The fourth-order valence-electron chi connectivity index (χ4n) is 1.13. The lowest BCUT2D eigenvalue weighted by Gasteiger charge is -2.09. The van der Waals surface area contributed by atoms with Gasteiger partial charge in [-0.15, -0.1) is 0 Å². The molecule has 15 heavy (non-hydrogen) atoms. The van der Waals surface area contributed by atoms with E-state index in [2.05, 4.69) is 13.8 Å². The van der Waals surface area contributed by atoms with Crippen molar-refractivity contribution < 1.29 is 9.53 Å². The lowest BCUT2D eigenvalue weighted by atomic mass is 10.1. The van der Waals surface area contributed by atoms with E-state index in [0.717, 1.165) is 0 Å². The Labute approximate surface area is 95.2 Å². The zero-order valence-corrected chi connectivity index (χ0v) is 9.97. The van der Waals surface area contributed by atoms with Crippen LogP contribution < -0.4 is 4.74 Å². The maximum atomic E-state index is 11.1. The molecule has 1 rings (SSSR count). The number of ketones is 1. The Hall–Kier alpha value is -1.02. The lowest BCUT2D eigenvalue weighted by Crippen LogP contribution is -2.04. The Kier molecular flexibility index (Phi) is 4.15. The predicted molar refractivity (Wildman–Crippen MR) is 61.8 cm³/mol. The smallest absolute Gasteiger partial charge is 0.161 e. The minimum Gasteiger partial charge on any atom is -0.493 e. The van der Waals surface area contributed by atoms with Gasteiger partial charge in [-0.2, -0.15) is 0 Å². The summed E-state index contributed by atoms with van der Waals surface area (Å²) < 4.78 is 5.49. The van der Waals surface area contributed by atoms with E-state index >= 15 is 0 Å². The quantitative estimate of drug-likeness (QED) is 0.734. The van der Waals surface area contributed by atoms with Crippen molar-refractivity contribution >= 4 is 17.4 Å². The van der Waals surface area contributed by atoms with E-state index in [0.29, 0.717) is 28.9 Å². The maximum absolute atomic E-state index is 11.1. The number of benzene rings is 1. The average molecular weight is 227 g/mol. The third-order valence-corrected chi connectivity index (χ3v) is 2.22. The van der Waals surface area contributed by atoms with Gasteiger partial charge in [0.25, 0.3) is 0 Å². The zero-order chi connectivity index (χ0) is 11.4. The van der Waals surface area contributed by atoms with Crippen molar-refractivity contribution in [2.24, 2.45) is 5.92 Å². The molecule has 1 aromatic rings. The van der Waals surface area contributed by atoms with Crippen LogP contribution in [0.15, 0.2) is 18.2 Å². The molecule has 0 aromatic heterocycles. The van der Waals surface area contributed by atoms with Crippen LogP contribution in [0.25, 0.3) is 0 Å². The van der Waals surface area contributed by atoms with E-state index in [1.807, 2.05) is 0 Å². The maximum Gasteiger partial charge on any atom is 0.161 e. The fraction of sp³-hybridized carbons (Fsp3) is 0.417. The van der Waals surface area contributed by atoms with Crippen LogP contribution in [0.1, 0.15) is 31.1 Å². The van der Waals surface area contributed by atoms with Crippen LogP contribution in [-0.2, 0) is 0 Å². The molecule has 0 amide bonds. The molecular formula is C12H15ClO2. The predicted octanol–water partition coefficient (Wildman–Crippen LogP) is 3.58. The summed E-state index contributed by atoms with van der Waals surface area (Å²) in [6.07, 6.45) is 0. The molecule has 2 nitrogen and oxygen atoms in total. The molecule has 3 heteroatoms. The molecule has 0 aliphatic rings. The van der Waals surface area contributed by atoms with Crippen molar-refractivity contribution in [3.63, 3.8) is 0 Å². The molecule has 0 saturated heterocycles. The molecule has 0 unspecified atom stereocenters. The SMILES string of the molecule is CC(=O)c1ccc(OCC(C)C)cc1Cl. The third kappa shape index (κ3) is 3.56. The van der Waals surface area contributed by atoms with Crippen LogP contribution >= 0.6 is 11.6 Å². The molecule has 0 saturated carbocycles. The highest BCUT2D eigenvalue weighted by Crippen LogP contribution is 2.23. The first-order chi connectivity index (χ1) is 7.00. The molecule has 0 N–H and O–H groups in total. The summed E-state index contributed by atoms with van der Waals surface area (Å²) >= 11 is 5.94. The molecule has 0 bridgehead atoms. The van der Waals surface area contributed by atoms with Gasteiger partial charge in [0.2, 0.25) is 0 Å². The van der Waals surface area contributed by atoms with Crippen molar-refractivity contribution in [1.29, 1.82) is 0 Å². The van der Waals surface area contributed by atoms with Crippen LogP contribution in [0.5, 0.6) is 5.75 Å². The van der Waals surface area contributed by atoms with E-state index in [1.54, 1.807) is 18.2 Å². The zero-order valence-electron chi connectivity index (χ0n) is 9.21. The summed E-state index contributed by atoms with van der Waals surface area (Å²) in [5, 5.41) is 0.448. The topological polar surface area (TPSA) is 26.3 Å². The van der Waals surface area contributed by atoms with Gasteiger partial charge < -0.3 is 4.74 Å². The third-order valence-electron chi connectivity index (χ3n) is 1.90. The van der Waals surface area contributed by atoms with Gasteiger partial charge in [0.15, 0.2) is 5.78 Å². The first-order valence-corrected chi connectivity index (χ1v) is 5.31. The number of ether oxygens (including phenoxy) is 1. The van der Waals surface area contributed by atoms with Crippen LogP contribution in [0, 0.1) is 5.92 Å². The molecular weight excluding hydrogens is 212 g/mol. The molecule has 0 radical (unpaired) electrons. The number of carbonyl (C=O) groups is 1. The standard InChI is InChI=1S/C12H15ClO2/c1-8(2)7-15-10-4-5-11(9(3)14)12(13)6-10/h4-6,8H,7H2,1-3H3. The van der Waals surface area contributed by atoms with E-state index < -0.39 is 0 Å². The molecule has 1 aromatic carbocycles. The first-order valence-electron chi connectivity index (χ1n) is 4.94. The van der Waals surface area contributed by atoms with Crippen molar-refractivity contribution in [3.05, 3.63) is 28.8 Å². The van der Waals surface area contributed by atoms with Crippen molar-refractivity contribution in [1.82, 2.24) is 0 Å². The largest absolute Gasteiger partial charge is 0.493 e. The highest BCUT2D eigenvalue weighted by molar-refractivity contribution is 6.34. The number of rotatable bonds is 4. The minimum atomic E-state index is -0.0320. The summed E-state index contributed by atoms with van der Waals surface area (Å²) in [5.41, 5.74) is 0.536. The van der Waals surface area contributed by atoms with Crippen molar-refractivity contribution in [3.8, 4) is 5.75 Å². The van der Waals surface area contributed by atoms with Crippen LogP contribution in [0.3, 0.4) is 0 Å². The van der Waals surface area contributed by atoms with E-state index in [4.69, 9.17) is 16.3 Å². The Morgan fingerprint density at radius 2 is 2.13 bits per heavy atom. The van der Waals surface area contributed by atoms with E-state index in [-0.39, 0.29) is 5.78 Å². The van der Waals surface area contributed by atoms with Crippen LogP contribution in [0.2, 0.25) is 5.02 Å². The molecule has 82 valence electrons. The molecule has 0 spiro atoms. The molecule has 0 fully saturated rings. The number of halogens is 1. The van der Waals surface area contributed by atoms with Gasteiger partial charge in [0.05, 0.1) is 11.6 Å². The number of hydrogen-bond donors (Lipinski definition) is 0. The average Bonchev–Trinajstić information content (AvgIpc) is 2.14. The Morgan fingerprint density at radius 1 is 1.47 bits per heavy atom. The van der Waals surface area contributed by atoms with Crippen molar-refractivity contribution in [2.75, 3.05) is 6.61 Å². The second kappa shape index (κ2) is 5.17. The van der Waals surface area contributed by atoms with Gasteiger partial charge in [0.1, 0.15) is 5.75 Å². The molecule has 0 heterocycles. The summed E-state index contributed by atoms with van der Waals surface area (Å²) in [6.45, 7) is 6.29. The number of Topliss-reactive ketones (excluding diaryl/α,β-unsaturated/α-hetero) is 1. The summed E-state index contributed by atoms with van der Waals surface area (Å²) in [5.74, 6) is 1.14. The van der Waals surface area contributed by atoms with Gasteiger partial charge >= 0.3 is 0 Å². The Bertz CT molecular complexity index is 359. The normalized spacial score (nSPS) is 10.5. The van der Waals surface area contributed by atoms with Gasteiger partial charge in [-0.3, -0.25) is 4.79 Å². The highest BCUT2D eigenvalue weighted by atomic mass is 35.5. The van der Waals surface area contributed by atoms with E-state index in [1.165, 1.54) is 6.92 Å². The second-order valence-corrected chi connectivity index (χ2v) is 4.31. The summed E-state index contributed by atoms with van der Waals surface area (Å²) in [4.78, 5) is 11.1. The minimum absolute atomic E-state index is 0.0320.